The molecular formula is C12H18BrNO. The monoisotopic (exact) mass is 271 g/mol. The highest BCUT2D eigenvalue weighted by Gasteiger charge is 2.11. The molecule has 1 aromatic rings. The fourth-order valence-electron chi connectivity index (χ4n) is 1.14. The van der Waals surface area contributed by atoms with Crippen LogP contribution in [-0.2, 0) is 0 Å². The van der Waals surface area contributed by atoms with Crippen molar-refractivity contribution in [1.29, 1.82) is 0 Å². The molecule has 0 aromatic heterocycles. The molecule has 0 aliphatic carbocycles. The Kier molecular flexibility index (Phi) is 4.03. The number of hydrogen-bond donors (Lipinski definition) is 1. The van der Waals surface area contributed by atoms with E-state index in [0.717, 1.165) is 16.6 Å². The average Bonchev–Trinajstić information content (AvgIpc) is 2.08. The smallest absolute Gasteiger partial charge is 0.156 e. The SMILES string of the molecule is CC(C)(C)CCOc1c(N)cccc1Br. The van der Waals surface area contributed by atoms with E-state index < -0.39 is 0 Å². The number of benzene rings is 1. The van der Waals surface area contributed by atoms with Crippen molar-refractivity contribution in [1.82, 2.24) is 0 Å². The third-order valence-electron chi connectivity index (χ3n) is 2.10. The van der Waals surface area contributed by atoms with Crippen molar-refractivity contribution < 1.29 is 4.74 Å². The number of ether oxygens (including phenoxy) is 1. The first-order chi connectivity index (χ1) is 6.90. The van der Waals surface area contributed by atoms with Gasteiger partial charge in [-0.1, -0.05) is 26.8 Å². The summed E-state index contributed by atoms with van der Waals surface area (Å²) in [6, 6.07) is 5.68. The van der Waals surface area contributed by atoms with Crippen LogP contribution in [0.1, 0.15) is 27.2 Å². The van der Waals surface area contributed by atoms with Gasteiger partial charge in [-0.2, -0.15) is 0 Å². The third-order valence-corrected chi connectivity index (χ3v) is 2.72. The number of hydrogen-bond acceptors (Lipinski definition) is 2. The Morgan fingerprint density at radius 1 is 1.33 bits per heavy atom. The summed E-state index contributed by atoms with van der Waals surface area (Å²) < 4.78 is 6.59. The predicted octanol–water partition coefficient (Wildman–Crippen LogP) is 3.85. The number of rotatable bonds is 3. The van der Waals surface area contributed by atoms with Gasteiger partial charge >= 0.3 is 0 Å². The second-order valence-corrected chi connectivity index (χ2v) is 5.67. The number of halogens is 1. The lowest BCUT2D eigenvalue weighted by Crippen LogP contribution is -2.11. The van der Waals surface area contributed by atoms with Gasteiger partial charge in [0, 0.05) is 0 Å². The largest absolute Gasteiger partial charge is 0.490 e. The van der Waals surface area contributed by atoms with Crippen LogP contribution in [0.5, 0.6) is 5.75 Å². The van der Waals surface area contributed by atoms with Crippen LogP contribution in [0, 0.1) is 5.41 Å². The van der Waals surface area contributed by atoms with E-state index in [-0.39, 0.29) is 5.41 Å². The Morgan fingerprint density at radius 2 is 2.00 bits per heavy atom. The summed E-state index contributed by atoms with van der Waals surface area (Å²) in [5.41, 5.74) is 6.78. The lowest BCUT2D eigenvalue weighted by atomic mass is 9.93. The zero-order valence-electron chi connectivity index (χ0n) is 9.51. The van der Waals surface area contributed by atoms with E-state index in [1.54, 1.807) is 0 Å². The molecule has 0 aliphatic heterocycles. The standard InChI is InChI=1S/C12H18BrNO/c1-12(2,3)7-8-15-11-9(13)5-4-6-10(11)14/h4-6H,7-8,14H2,1-3H3. The minimum atomic E-state index is 0.288. The van der Waals surface area contributed by atoms with E-state index in [0.29, 0.717) is 12.3 Å². The highest BCUT2D eigenvalue weighted by Crippen LogP contribution is 2.31. The summed E-state index contributed by atoms with van der Waals surface area (Å²) in [5.74, 6) is 0.752. The fraction of sp³-hybridized carbons (Fsp3) is 0.500. The van der Waals surface area contributed by atoms with Gasteiger partial charge in [-0.05, 0) is 39.9 Å². The zero-order chi connectivity index (χ0) is 11.5. The van der Waals surface area contributed by atoms with Crippen LogP contribution in [0.15, 0.2) is 22.7 Å². The van der Waals surface area contributed by atoms with Gasteiger partial charge in [0.2, 0.25) is 0 Å². The van der Waals surface area contributed by atoms with Gasteiger partial charge in [0.05, 0.1) is 16.8 Å². The Hall–Kier alpha value is -0.700. The molecule has 0 atom stereocenters. The van der Waals surface area contributed by atoms with Crippen molar-refractivity contribution in [3.05, 3.63) is 22.7 Å². The third kappa shape index (κ3) is 4.12. The summed E-state index contributed by atoms with van der Waals surface area (Å²) in [6.45, 7) is 7.27. The minimum Gasteiger partial charge on any atom is -0.490 e. The summed E-state index contributed by atoms with van der Waals surface area (Å²) in [4.78, 5) is 0. The molecule has 0 radical (unpaired) electrons. The fourth-order valence-corrected chi connectivity index (χ4v) is 1.63. The zero-order valence-corrected chi connectivity index (χ0v) is 11.1. The molecule has 0 aliphatic rings. The Balaban J connectivity index is 2.58. The quantitative estimate of drug-likeness (QED) is 0.848. The van der Waals surface area contributed by atoms with Gasteiger partial charge in [-0.3, -0.25) is 0 Å². The Bertz CT molecular complexity index is 311. The minimum absolute atomic E-state index is 0.288. The van der Waals surface area contributed by atoms with Gasteiger partial charge in [-0.15, -0.1) is 0 Å². The molecular weight excluding hydrogens is 254 g/mol. The maximum Gasteiger partial charge on any atom is 0.156 e. The molecule has 0 unspecified atom stereocenters. The van der Waals surface area contributed by atoms with E-state index in [1.165, 1.54) is 0 Å². The summed E-state index contributed by atoms with van der Waals surface area (Å²) in [5, 5.41) is 0. The van der Waals surface area contributed by atoms with E-state index in [1.807, 2.05) is 18.2 Å². The average molecular weight is 272 g/mol. The Labute approximate surface area is 99.9 Å². The second-order valence-electron chi connectivity index (χ2n) is 4.82. The maximum atomic E-state index is 5.82. The predicted molar refractivity (Wildman–Crippen MR) is 68.1 cm³/mol. The number of nitrogens with two attached hydrogens (primary N) is 1. The molecule has 84 valence electrons. The van der Waals surface area contributed by atoms with Gasteiger partial charge in [0.15, 0.2) is 5.75 Å². The van der Waals surface area contributed by atoms with Gasteiger partial charge < -0.3 is 10.5 Å². The first-order valence-electron chi connectivity index (χ1n) is 5.07. The number of para-hydroxylation sites is 1. The summed E-state index contributed by atoms with van der Waals surface area (Å²) >= 11 is 3.42. The lowest BCUT2D eigenvalue weighted by molar-refractivity contribution is 0.243. The molecule has 0 heterocycles. The number of nitrogen functional groups attached to an aromatic ring is 1. The molecule has 0 bridgehead atoms. The van der Waals surface area contributed by atoms with Crippen LogP contribution in [0.2, 0.25) is 0 Å². The molecule has 3 heteroatoms. The van der Waals surface area contributed by atoms with E-state index in [2.05, 4.69) is 36.7 Å². The molecule has 0 spiro atoms. The topological polar surface area (TPSA) is 35.2 Å². The van der Waals surface area contributed by atoms with Gasteiger partial charge in [0.25, 0.3) is 0 Å². The van der Waals surface area contributed by atoms with Crippen molar-refractivity contribution in [2.45, 2.75) is 27.2 Å². The van der Waals surface area contributed by atoms with Crippen LogP contribution in [-0.4, -0.2) is 6.61 Å². The molecule has 15 heavy (non-hydrogen) atoms. The van der Waals surface area contributed by atoms with E-state index in [9.17, 15) is 0 Å². The molecule has 0 saturated carbocycles. The van der Waals surface area contributed by atoms with Crippen LogP contribution in [0.25, 0.3) is 0 Å². The Morgan fingerprint density at radius 3 is 2.53 bits per heavy atom. The van der Waals surface area contributed by atoms with Crippen molar-refractivity contribution in [2.24, 2.45) is 5.41 Å². The molecule has 1 rings (SSSR count). The van der Waals surface area contributed by atoms with E-state index >= 15 is 0 Å². The number of anilines is 1. The van der Waals surface area contributed by atoms with Crippen molar-refractivity contribution in [3.8, 4) is 5.75 Å². The highest BCUT2D eigenvalue weighted by molar-refractivity contribution is 9.10. The normalized spacial score (nSPS) is 11.5. The second kappa shape index (κ2) is 4.88. The first-order valence-corrected chi connectivity index (χ1v) is 5.86. The van der Waals surface area contributed by atoms with Crippen LogP contribution >= 0.6 is 15.9 Å². The molecule has 1 aromatic carbocycles. The van der Waals surface area contributed by atoms with Crippen LogP contribution < -0.4 is 10.5 Å². The van der Waals surface area contributed by atoms with Crippen molar-refractivity contribution >= 4 is 21.6 Å². The van der Waals surface area contributed by atoms with Crippen LogP contribution in [0.3, 0.4) is 0 Å². The summed E-state index contributed by atoms with van der Waals surface area (Å²) in [6.07, 6.45) is 1.01. The summed E-state index contributed by atoms with van der Waals surface area (Å²) in [7, 11) is 0. The molecule has 2 nitrogen and oxygen atoms in total. The van der Waals surface area contributed by atoms with Crippen molar-refractivity contribution in [2.75, 3.05) is 12.3 Å². The van der Waals surface area contributed by atoms with Gasteiger partial charge in [-0.25, -0.2) is 0 Å². The van der Waals surface area contributed by atoms with Crippen molar-refractivity contribution in [3.63, 3.8) is 0 Å². The molecule has 0 amide bonds. The highest BCUT2D eigenvalue weighted by atomic mass is 79.9. The lowest BCUT2D eigenvalue weighted by Gasteiger charge is -2.19. The molecule has 2 N–H and O–H groups in total. The first kappa shape index (κ1) is 12.4. The van der Waals surface area contributed by atoms with Crippen LogP contribution in [0.4, 0.5) is 5.69 Å². The van der Waals surface area contributed by atoms with Gasteiger partial charge in [0.1, 0.15) is 0 Å². The molecule has 0 saturated heterocycles. The molecule has 0 fully saturated rings. The van der Waals surface area contributed by atoms with E-state index in [4.69, 9.17) is 10.5 Å². The maximum absolute atomic E-state index is 5.82.